The van der Waals surface area contributed by atoms with Crippen molar-refractivity contribution in [3.63, 3.8) is 0 Å². The highest BCUT2D eigenvalue weighted by atomic mass is 127. The first-order chi connectivity index (χ1) is 13.7. The minimum absolute atomic E-state index is 0. The predicted molar refractivity (Wildman–Crippen MR) is 127 cm³/mol. The highest BCUT2D eigenvalue weighted by Gasteiger charge is 2.15. The van der Waals surface area contributed by atoms with Crippen LogP contribution >= 0.6 is 24.0 Å². The van der Waals surface area contributed by atoms with Gasteiger partial charge in [0.25, 0.3) is 0 Å². The number of nitrogens with zero attached hydrogens (tertiary/aromatic N) is 2. The summed E-state index contributed by atoms with van der Waals surface area (Å²) in [5.74, 6) is 1.23. The van der Waals surface area contributed by atoms with E-state index in [1.807, 2.05) is 42.2 Å². The maximum absolute atomic E-state index is 12.5. The van der Waals surface area contributed by atoms with Crippen LogP contribution in [0.5, 0.6) is 0 Å². The molecule has 8 heteroatoms. The van der Waals surface area contributed by atoms with Crippen molar-refractivity contribution >= 4 is 35.8 Å². The number of nitrogens with one attached hydrogen (secondary N) is 2. The quantitative estimate of drug-likeness (QED) is 0.204. The molecule has 1 heterocycles. The number of halogens is 1. The lowest BCUT2D eigenvalue weighted by Gasteiger charge is -2.22. The van der Waals surface area contributed by atoms with Gasteiger partial charge in [-0.25, -0.2) is 0 Å². The molecule has 1 aliphatic rings. The first-order valence-corrected chi connectivity index (χ1v) is 10.1. The van der Waals surface area contributed by atoms with Crippen molar-refractivity contribution in [2.45, 2.75) is 26.3 Å². The summed E-state index contributed by atoms with van der Waals surface area (Å²) in [4.78, 5) is 18.5. The molecule has 1 amide bonds. The molecule has 1 aromatic carbocycles. The lowest BCUT2D eigenvalue weighted by Crippen LogP contribution is -2.44. The Balaban J connectivity index is 0.00000420. The Morgan fingerprint density at radius 3 is 2.76 bits per heavy atom. The minimum Gasteiger partial charge on any atom is -0.381 e. The Kier molecular flexibility index (Phi) is 13.7. The maximum atomic E-state index is 12.5. The molecule has 0 saturated carbocycles. The van der Waals surface area contributed by atoms with E-state index in [9.17, 15) is 4.79 Å². The molecule has 0 spiro atoms. The molecule has 0 radical (unpaired) electrons. The number of hydrogen-bond donors (Lipinski definition) is 2. The third-order valence-corrected chi connectivity index (χ3v) is 4.72. The van der Waals surface area contributed by atoms with Crippen molar-refractivity contribution in [2.24, 2.45) is 10.9 Å². The maximum Gasteiger partial charge on any atom is 0.242 e. The molecule has 0 aromatic heterocycles. The van der Waals surface area contributed by atoms with Crippen LogP contribution in [-0.4, -0.2) is 69.9 Å². The fraction of sp³-hybridized carbons (Fsp3) is 0.619. The summed E-state index contributed by atoms with van der Waals surface area (Å²) in [5.41, 5.74) is 1.13. The Hall–Kier alpha value is -1.39. The average Bonchev–Trinajstić information content (AvgIpc) is 3.25. The van der Waals surface area contributed by atoms with Gasteiger partial charge in [-0.15, -0.1) is 24.0 Å². The van der Waals surface area contributed by atoms with Crippen LogP contribution in [0.15, 0.2) is 35.3 Å². The molecule has 1 atom stereocenters. The zero-order valence-corrected chi connectivity index (χ0v) is 19.9. The first kappa shape index (κ1) is 25.6. The third kappa shape index (κ3) is 10.3. The van der Waals surface area contributed by atoms with E-state index in [2.05, 4.69) is 15.6 Å². The molecule has 1 saturated heterocycles. The predicted octanol–water partition coefficient (Wildman–Crippen LogP) is 2.26. The molecular formula is C21H35IN4O3. The molecule has 29 heavy (non-hydrogen) atoms. The van der Waals surface area contributed by atoms with Crippen molar-refractivity contribution in [2.75, 3.05) is 53.1 Å². The lowest BCUT2D eigenvalue weighted by molar-refractivity contribution is -0.130. The van der Waals surface area contributed by atoms with Crippen LogP contribution in [0.1, 0.15) is 25.3 Å². The second-order valence-corrected chi connectivity index (χ2v) is 6.90. The summed E-state index contributed by atoms with van der Waals surface area (Å²) in [6.07, 6.45) is 1.99. The zero-order chi connectivity index (χ0) is 20.0. The van der Waals surface area contributed by atoms with Gasteiger partial charge < -0.3 is 25.0 Å². The molecule has 2 N–H and O–H groups in total. The van der Waals surface area contributed by atoms with Crippen LogP contribution in [0.25, 0.3) is 0 Å². The molecule has 164 valence electrons. The number of guanidine groups is 1. The van der Waals surface area contributed by atoms with E-state index in [1.165, 1.54) is 0 Å². The average molecular weight is 518 g/mol. The Bertz CT molecular complexity index is 595. The summed E-state index contributed by atoms with van der Waals surface area (Å²) in [6, 6.07) is 10.0. The molecule has 1 aliphatic heterocycles. The summed E-state index contributed by atoms with van der Waals surface area (Å²) in [6.45, 7) is 7.41. The Labute approximate surface area is 191 Å². The van der Waals surface area contributed by atoms with Gasteiger partial charge in [-0.3, -0.25) is 9.79 Å². The van der Waals surface area contributed by atoms with Crippen molar-refractivity contribution in [1.82, 2.24) is 15.5 Å². The number of rotatable bonds is 11. The van der Waals surface area contributed by atoms with E-state index >= 15 is 0 Å². The molecule has 7 nitrogen and oxygen atoms in total. The van der Waals surface area contributed by atoms with Gasteiger partial charge in [0, 0.05) is 45.8 Å². The first-order valence-electron chi connectivity index (χ1n) is 10.1. The highest BCUT2D eigenvalue weighted by Crippen LogP contribution is 2.12. The van der Waals surface area contributed by atoms with Crippen LogP contribution in [0, 0.1) is 5.92 Å². The summed E-state index contributed by atoms with van der Waals surface area (Å²) in [5, 5.41) is 6.32. The molecule has 1 aromatic rings. The van der Waals surface area contributed by atoms with E-state index in [0.29, 0.717) is 31.6 Å². The monoisotopic (exact) mass is 518 g/mol. The number of likely N-dealkylation sites (N-methyl/N-ethyl adjacent to an activating group) is 1. The second-order valence-electron chi connectivity index (χ2n) is 6.90. The van der Waals surface area contributed by atoms with Crippen LogP contribution in [0.4, 0.5) is 0 Å². The lowest BCUT2D eigenvalue weighted by atomic mass is 10.1. The van der Waals surface area contributed by atoms with Gasteiger partial charge in [-0.1, -0.05) is 30.3 Å². The Morgan fingerprint density at radius 1 is 1.31 bits per heavy atom. The van der Waals surface area contributed by atoms with Crippen molar-refractivity contribution in [1.29, 1.82) is 0 Å². The molecule has 1 fully saturated rings. The molecular weight excluding hydrogens is 483 g/mol. The molecule has 2 rings (SSSR count). The standard InChI is InChI=1S/C21H34N4O3.HI/c1-3-25(15-18-8-5-4-6-9-18)20(26)14-24-21(22-2)23-11-7-12-27-16-19-10-13-28-17-19;/h4-6,8-9,19H,3,7,10-17H2,1-2H3,(H2,22,23,24);1H. The molecule has 1 unspecified atom stereocenters. The van der Waals surface area contributed by atoms with Crippen molar-refractivity contribution in [3.05, 3.63) is 35.9 Å². The highest BCUT2D eigenvalue weighted by molar-refractivity contribution is 14.0. The van der Waals surface area contributed by atoms with Crippen molar-refractivity contribution in [3.8, 4) is 0 Å². The minimum atomic E-state index is 0. The van der Waals surface area contributed by atoms with Crippen LogP contribution < -0.4 is 10.6 Å². The number of ether oxygens (including phenoxy) is 2. The number of carbonyl (C=O) groups is 1. The van der Waals surface area contributed by atoms with Gasteiger partial charge in [-0.05, 0) is 25.3 Å². The number of carbonyl (C=O) groups excluding carboxylic acids is 1. The summed E-state index contributed by atoms with van der Waals surface area (Å²) in [7, 11) is 1.71. The SMILES string of the molecule is CCN(Cc1ccccc1)C(=O)CNC(=NC)NCCCOCC1CCOC1.I. The number of hydrogen-bond acceptors (Lipinski definition) is 4. The van der Waals surface area contributed by atoms with Crippen LogP contribution in [0.2, 0.25) is 0 Å². The number of aliphatic imine (C=N–C) groups is 1. The fourth-order valence-corrected chi connectivity index (χ4v) is 3.02. The fourth-order valence-electron chi connectivity index (χ4n) is 3.02. The van der Waals surface area contributed by atoms with Gasteiger partial charge in [0.15, 0.2) is 5.96 Å². The van der Waals surface area contributed by atoms with Crippen molar-refractivity contribution < 1.29 is 14.3 Å². The summed E-state index contributed by atoms with van der Waals surface area (Å²) >= 11 is 0. The largest absolute Gasteiger partial charge is 0.381 e. The Morgan fingerprint density at radius 2 is 2.10 bits per heavy atom. The van der Waals surface area contributed by atoms with Gasteiger partial charge in [0.2, 0.25) is 5.91 Å². The third-order valence-electron chi connectivity index (χ3n) is 4.72. The van der Waals surface area contributed by atoms with E-state index in [4.69, 9.17) is 9.47 Å². The second kappa shape index (κ2) is 15.4. The van der Waals surface area contributed by atoms with E-state index in [-0.39, 0.29) is 36.4 Å². The van der Waals surface area contributed by atoms with Gasteiger partial charge in [0.1, 0.15) is 0 Å². The topological polar surface area (TPSA) is 75.2 Å². The van der Waals surface area contributed by atoms with Gasteiger partial charge >= 0.3 is 0 Å². The normalized spacial score (nSPS) is 16.2. The van der Waals surface area contributed by atoms with Gasteiger partial charge in [-0.2, -0.15) is 0 Å². The van der Waals surface area contributed by atoms with Crippen LogP contribution in [0.3, 0.4) is 0 Å². The van der Waals surface area contributed by atoms with Gasteiger partial charge in [0.05, 0.1) is 19.8 Å². The van der Waals surface area contributed by atoms with Crippen LogP contribution in [-0.2, 0) is 20.8 Å². The molecule has 0 bridgehead atoms. The number of benzene rings is 1. The molecule has 0 aliphatic carbocycles. The van der Waals surface area contributed by atoms with E-state index < -0.39 is 0 Å². The van der Waals surface area contributed by atoms with E-state index in [0.717, 1.165) is 44.8 Å². The summed E-state index contributed by atoms with van der Waals surface area (Å²) < 4.78 is 11.0. The van der Waals surface area contributed by atoms with E-state index in [1.54, 1.807) is 7.05 Å². The zero-order valence-electron chi connectivity index (χ0n) is 17.6. The smallest absolute Gasteiger partial charge is 0.242 e. The number of amides is 1.